The molecule has 13 aromatic rings. The van der Waals surface area contributed by atoms with E-state index in [4.69, 9.17) is 59.8 Å². The Hall–Kier alpha value is -13.1. The van der Waals surface area contributed by atoms with Crippen molar-refractivity contribution in [2.24, 2.45) is 0 Å². The second-order valence-corrected chi connectivity index (χ2v) is 23.9. The summed E-state index contributed by atoms with van der Waals surface area (Å²) in [5.41, 5.74) is 28.2. The van der Waals surface area contributed by atoms with Gasteiger partial charge in [-0.15, -0.1) is 0 Å². The number of nitrogens with zero attached hydrogens (tertiary/aromatic N) is 12. The lowest BCUT2D eigenvalue weighted by Gasteiger charge is -2.33. The van der Waals surface area contributed by atoms with Gasteiger partial charge < -0.3 is 40.5 Å². The maximum atomic E-state index is 5.38. The fourth-order valence-corrected chi connectivity index (χ4v) is 13.4. The van der Waals surface area contributed by atoms with E-state index in [0.29, 0.717) is 90.4 Å². The molecule has 21 rings (SSSR count). The molecule has 0 saturated heterocycles. The Morgan fingerprint density at radius 3 is 0.717 bits per heavy atom. The molecule has 0 saturated carbocycles. The Kier molecular flexibility index (Phi) is 9.71. The standard InChI is InChI=1S/C72H42N20/c1-2-34-18-38-6-10-42(76-38)22-58-66-65(57(81-58)21-41-9-5-37(75-41)17-33(1)73-34)85-49-29-53-54(30-50(49)86-66)90-70-62-26-46-15-16-48(80-46)28-64-72-71(63(84-64)27-47-14-13-45(79-47)25-61(83-62)69(70)89-53)91-55-31-51-52(32-56(55)92-72)88-68-60-24-44-12-8-40(78-44)20-36-4-3-35(74-36)19-39-7-11-43(77-39)23-59(82-60)67(68)87-51/h1-32,49-50,75-80,85-86H. The van der Waals surface area contributed by atoms with Crippen molar-refractivity contribution in [1.29, 1.82) is 0 Å². The van der Waals surface area contributed by atoms with Crippen molar-refractivity contribution in [3.8, 4) is 68.3 Å². The maximum Gasteiger partial charge on any atom is 0.117 e. The molecule has 0 spiro atoms. The molecule has 0 radical (unpaired) electrons. The molecule has 1 aromatic carbocycles. The molecule has 2 atom stereocenters. The van der Waals surface area contributed by atoms with Crippen LogP contribution in [0, 0.1) is 0 Å². The first kappa shape index (κ1) is 49.0. The largest absolute Gasteiger partial charge is 0.373 e. The van der Waals surface area contributed by atoms with Crippen LogP contribution in [0.4, 0.5) is 0 Å². The Morgan fingerprint density at radius 1 is 0.217 bits per heavy atom. The van der Waals surface area contributed by atoms with Crippen molar-refractivity contribution >= 4 is 136 Å². The van der Waals surface area contributed by atoms with E-state index in [1.807, 2.05) is 146 Å². The minimum absolute atomic E-state index is 0.173. The van der Waals surface area contributed by atoms with Gasteiger partial charge in [0.15, 0.2) is 0 Å². The first-order valence-electron chi connectivity index (χ1n) is 30.1. The van der Waals surface area contributed by atoms with Gasteiger partial charge in [-0.3, -0.25) is 0 Å². The third-order valence-corrected chi connectivity index (χ3v) is 17.6. The number of hydrogen-bond acceptors (Lipinski definition) is 14. The van der Waals surface area contributed by atoms with Crippen LogP contribution in [-0.2, 0) is 0 Å². The van der Waals surface area contributed by atoms with Crippen molar-refractivity contribution < 1.29 is 0 Å². The average molecular weight is 1190 g/mol. The molecular weight excluding hydrogens is 1140 g/mol. The predicted octanol–water partition coefficient (Wildman–Crippen LogP) is 11.6. The van der Waals surface area contributed by atoms with Crippen LogP contribution in [0.5, 0.6) is 0 Å². The van der Waals surface area contributed by atoms with E-state index >= 15 is 0 Å². The fourth-order valence-electron chi connectivity index (χ4n) is 13.4. The molecule has 0 fully saturated rings. The summed E-state index contributed by atoms with van der Waals surface area (Å²) in [7, 11) is 0. The van der Waals surface area contributed by atoms with Gasteiger partial charge in [0.25, 0.3) is 0 Å². The molecule has 8 N–H and O–H groups in total. The van der Waals surface area contributed by atoms with Crippen LogP contribution in [0.15, 0.2) is 158 Å². The van der Waals surface area contributed by atoms with Crippen LogP contribution in [0.3, 0.4) is 0 Å². The molecule has 24 bridgehead atoms. The van der Waals surface area contributed by atoms with Crippen molar-refractivity contribution in [2.45, 2.75) is 12.1 Å². The van der Waals surface area contributed by atoms with E-state index in [1.165, 1.54) is 0 Å². The SMILES string of the molecule is C1=Cc2cc3ccc(cc4nc(cc5ccc(cc1n2)[nH]5)C1=C4NC2C=c4nc5c(nc4=CC2N1)-c1cc2ccc(cc4nc(cc6ccc(cc-5n1)[nH]6)-c1nc5cc6nc7c(nc6cc5nc1-4)-c1cc4ccc(cc5nc(cc6ccc(cc-7n1)[nH]6)C=C5)[nH]4)[nH]2)[nH]3. The molecule has 0 amide bonds. The molecule has 12 aromatic heterocycles. The zero-order valence-corrected chi connectivity index (χ0v) is 48.0. The van der Waals surface area contributed by atoms with Crippen LogP contribution < -0.4 is 21.3 Å². The monoisotopic (exact) mass is 1190 g/mol. The molecule has 430 valence electrons. The Bertz CT molecular complexity index is 6020. The highest BCUT2D eigenvalue weighted by Crippen LogP contribution is 2.40. The summed E-state index contributed by atoms with van der Waals surface area (Å²) in [6.07, 6.45) is 12.4. The summed E-state index contributed by atoms with van der Waals surface area (Å²) in [5.74, 6) is 0. The van der Waals surface area contributed by atoms with E-state index in [1.54, 1.807) is 0 Å². The van der Waals surface area contributed by atoms with Gasteiger partial charge in [-0.2, -0.15) is 0 Å². The topological polar surface area (TPSA) is 273 Å². The summed E-state index contributed by atoms with van der Waals surface area (Å²) in [4.78, 5) is 83.7. The number of hydrogen-bond donors (Lipinski definition) is 8. The lowest BCUT2D eigenvalue weighted by atomic mass is 9.98. The quantitative estimate of drug-likeness (QED) is 0.0656. The molecule has 2 unspecified atom stereocenters. The summed E-state index contributed by atoms with van der Waals surface area (Å²) in [6.45, 7) is 0. The predicted molar refractivity (Wildman–Crippen MR) is 358 cm³/mol. The van der Waals surface area contributed by atoms with Crippen molar-refractivity contribution in [3.05, 3.63) is 203 Å². The highest BCUT2D eigenvalue weighted by Gasteiger charge is 2.34. The van der Waals surface area contributed by atoms with Gasteiger partial charge in [0, 0.05) is 66.2 Å². The summed E-state index contributed by atoms with van der Waals surface area (Å²) in [5, 5.41) is 9.24. The van der Waals surface area contributed by atoms with Crippen LogP contribution in [0.1, 0.15) is 34.2 Å². The first-order chi connectivity index (χ1) is 45.3. The molecular formula is C72H42N20. The maximum absolute atomic E-state index is 5.38. The lowest BCUT2D eigenvalue weighted by molar-refractivity contribution is 0.595. The number of aromatic nitrogens is 18. The molecule has 7 aliphatic heterocycles. The van der Waals surface area contributed by atoms with Gasteiger partial charge in [0.1, 0.15) is 34.2 Å². The van der Waals surface area contributed by atoms with Gasteiger partial charge in [-0.25, -0.2) is 59.8 Å². The molecule has 92 heavy (non-hydrogen) atoms. The summed E-state index contributed by atoms with van der Waals surface area (Å²) >= 11 is 0. The second-order valence-electron chi connectivity index (χ2n) is 23.9. The van der Waals surface area contributed by atoms with Gasteiger partial charge in [-0.05, 0) is 194 Å². The third kappa shape index (κ3) is 8.03. The summed E-state index contributed by atoms with van der Waals surface area (Å²) < 4.78 is 0. The minimum atomic E-state index is -0.173. The van der Waals surface area contributed by atoms with E-state index in [2.05, 4.69) is 89.1 Å². The van der Waals surface area contributed by atoms with Crippen LogP contribution in [0.25, 0.3) is 204 Å². The van der Waals surface area contributed by atoms with E-state index < -0.39 is 0 Å². The number of fused-ring (bicyclic) bond motifs is 39. The van der Waals surface area contributed by atoms with Crippen LogP contribution in [-0.4, -0.2) is 102 Å². The fraction of sp³-hybridized carbons (Fsp3) is 0.0278. The van der Waals surface area contributed by atoms with Crippen molar-refractivity contribution in [1.82, 2.24) is 100 Å². The Labute approximate surface area is 517 Å². The Morgan fingerprint density at radius 2 is 0.446 bits per heavy atom. The van der Waals surface area contributed by atoms with Crippen LogP contribution in [0.2, 0.25) is 0 Å². The van der Waals surface area contributed by atoms with E-state index in [-0.39, 0.29) is 12.1 Å². The molecule has 8 aliphatic rings. The minimum Gasteiger partial charge on any atom is -0.373 e. The number of nitrogens with one attached hydrogen (secondary N) is 8. The molecule has 1 aliphatic carbocycles. The van der Waals surface area contributed by atoms with E-state index in [0.717, 1.165) is 122 Å². The zero-order valence-electron chi connectivity index (χ0n) is 48.0. The number of benzene rings is 1. The van der Waals surface area contributed by atoms with E-state index in [9.17, 15) is 0 Å². The van der Waals surface area contributed by atoms with Gasteiger partial charge >= 0.3 is 0 Å². The number of rotatable bonds is 0. The van der Waals surface area contributed by atoms with Gasteiger partial charge in [0.05, 0.1) is 125 Å². The molecule has 20 heteroatoms. The highest BCUT2D eigenvalue weighted by molar-refractivity contribution is 5.99. The van der Waals surface area contributed by atoms with Crippen molar-refractivity contribution in [3.63, 3.8) is 0 Å². The first-order valence-corrected chi connectivity index (χ1v) is 30.1. The van der Waals surface area contributed by atoms with Gasteiger partial charge in [0.2, 0.25) is 0 Å². The highest BCUT2D eigenvalue weighted by atomic mass is 15.1. The number of H-pyrrole nitrogens is 6. The number of aromatic amines is 6. The Balaban J connectivity index is 0.661. The smallest absolute Gasteiger partial charge is 0.117 e. The zero-order chi connectivity index (χ0) is 59.9. The lowest BCUT2D eigenvalue weighted by Crippen LogP contribution is -2.54. The average Bonchev–Trinajstić information content (AvgIpc) is 1.53. The second kappa shape index (κ2) is 18.2. The van der Waals surface area contributed by atoms with Gasteiger partial charge in [-0.1, -0.05) is 0 Å². The summed E-state index contributed by atoms with van der Waals surface area (Å²) in [6, 6.07) is 52.4. The molecule has 19 heterocycles. The third-order valence-electron chi connectivity index (χ3n) is 17.6. The van der Waals surface area contributed by atoms with Crippen molar-refractivity contribution in [2.75, 3.05) is 0 Å². The normalized spacial score (nSPS) is 15.4. The molecule has 20 nitrogen and oxygen atoms in total. The van der Waals surface area contributed by atoms with Crippen LogP contribution >= 0.6 is 0 Å².